The highest BCUT2D eigenvalue weighted by atomic mass is 32.2. The highest BCUT2D eigenvalue weighted by Crippen LogP contribution is 2.42. The first-order valence-electron chi connectivity index (χ1n) is 8.43. The highest BCUT2D eigenvalue weighted by Gasteiger charge is 2.21. The molecule has 0 aliphatic rings. The monoisotopic (exact) mass is 405 g/mol. The number of aryl methyl sites for hydroxylation is 1. The van der Waals surface area contributed by atoms with Gasteiger partial charge >= 0.3 is 0 Å². The lowest BCUT2D eigenvalue weighted by molar-refractivity contribution is 0.386. The lowest BCUT2D eigenvalue weighted by Crippen LogP contribution is -2.13. The highest BCUT2D eigenvalue weighted by molar-refractivity contribution is 7.89. The molecule has 142 valence electrons. The van der Waals surface area contributed by atoms with Crippen LogP contribution in [0.1, 0.15) is 18.2 Å². The Hall–Kier alpha value is -2.22. The summed E-state index contributed by atoms with van der Waals surface area (Å²) in [5, 5.41) is 7.32. The summed E-state index contributed by atoms with van der Waals surface area (Å²) >= 11 is 1.54. The second kappa shape index (κ2) is 7.80. The van der Waals surface area contributed by atoms with Gasteiger partial charge in [-0.05, 0) is 35.6 Å². The van der Waals surface area contributed by atoms with Crippen molar-refractivity contribution in [2.24, 2.45) is 5.14 Å². The van der Waals surface area contributed by atoms with Gasteiger partial charge in [0.15, 0.2) is 11.6 Å². The Morgan fingerprint density at radius 2 is 1.89 bits per heavy atom. The molecule has 0 radical (unpaired) electrons. The first kappa shape index (κ1) is 19.5. The Bertz CT molecular complexity index is 1070. The van der Waals surface area contributed by atoms with E-state index in [1.807, 2.05) is 5.38 Å². The molecular formula is C20H20FNO3S2. The van der Waals surface area contributed by atoms with E-state index in [4.69, 9.17) is 9.88 Å². The number of primary sulfonamides is 1. The van der Waals surface area contributed by atoms with Crippen molar-refractivity contribution < 1.29 is 17.5 Å². The summed E-state index contributed by atoms with van der Waals surface area (Å²) in [5.74, 6) is -0.299. The van der Waals surface area contributed by atoms with Crippen LogP contribution in [0.15, 0.2) is 52.7 Å². The molecule has 0 saturated heterocycles. The minimum Gasteiger partial charge on any atom is -0.494 e. The quantitative estimate of drug-likeness (QED) is 0.639. The van der Waals surface area contributed by atoms with Gasteiger partial charge in [0.1, 0.15) is 0 Å². The van der Waals surface area contributed by atoms with E-state index < -0.39 is 15.8 Å². The molecule has 3 aromatic rings. The maximum atomic E-state index is 14.3. The number of hydrogen-bond acceptors (Lipinski definition) is 4. The maximum absolute atomic E-state index is 14.3. The number of thiophene rings is 1. The summed E-state index contributed by atoms with van der Waals surface area (Å²) in [4.78, 5) is 1.13. The summed E-state index contributed by atoms with van der Waals surface area (Å²) in [6, 6.07) is 11.4. The molecule has 2 aromatic carbocycles. The molecule has 3 rings (SSSR count). The van der Waals surface area contributed by atoms with Crippen LogP contribution in [0.25, 0.3) is 22.3 Å². The van der Waals surface area contributed by atoms with Crippen LogP contribution < -0.4 is 9.88 Å². The first-order chi connectivity index (χ1) is 12.9. The molecule has 7 heteroatoms. The van der Waals surface area contributed by atoms with Crippen LogP contribution in [0.5, 0.6) is 5.75 Å². The van der Waals surface area contributed by atoms with Crippen molar-refractivity contribution in [3.8, 4) is 28.0 Å². The second-order valence-electron chi connectivity index (χ2n) is 6.09. The summed E-state index contributed by atoms with van der Waals surface area (Å²) < 4.78 is 43.4. The summed E-state index contributed by atoms with van der Waals surface area (Å²) in [7, 11) is -2.48. The average molecular weight is 406 g/mol. The molecule has 0 saturated carbocycles. The third-order valence-electron chi connectivity index (χ3n) is 4.27. The fourth-order valence-electron chi connectivity index (χ4n) is 3.08. The van der Waals surface area contributed by atoms with Gasteiger partial charge in [-0.1, -0.05) is 37.6 Å². The number of rotatable bonds is 6. The Morgan fingerprint density at radius 3 is 2.52 bits per heavy atom. The molecule has 27 heavy (non-hydrogen) atoms. The predicted molar refractivity (Wildman–Crippen MR) is 107 cm³/mol. The zero-order valence-corrected chi connectivity index (χ0v) is 16.7. The number of nitrogens with two attached hydrogens (primary N) is 1. The van der Waals surface area contributed by atoms with Crippen LogP contribution in [-0.4, -0.2) is 15.5 Å². The van der Waals surface area contributed by atoms with Crippen molar-refractivity contribution in [3.05, 3.63) is 58.5 Å². The van der Waals surface area contributed by atoms with Crippen LogP contribution >= 0.6 is 11.3 Å². The van der Waals surface area contributed by atoms with Crippen molar-refractivity contribution in [1.29, 1.82) is 0 Å². The largest absolute Gasteiger partial charge is 0.494 e. The van der Waals surface area contributed by atoms with Crippen LogP contribution in [0.3, 0.4) is 0 Å². The van der Waals surface area contributed by atoms with E-state index in [1.54, 1.807) is 30.3 Å². The van der Waals surface area contributed by atoms with Gasteiger partial charge in [-0.2, -0.15) is 0 Å². The minimum absolute atomic E-state index is 0.0566. The molecule has 1 heterocycles. The molecule has 0 aliphatic heterocycles. The number of hydrogen-bond donors (Lipinski definition) is 1. The fourth-order valence-corrected chi connectivity index (χ4v) is 5.01. The van der Waals surface area contributed by atoms with E-state index in [0.29, 0.717) is 11.1 Å². The molecule has 2 N–H and O–H groups in total. The van der Waals surface area contributed by atoms with Gasteiger partial charge in [-0.3, -0.25) is 0 Å². The SMILES string of the molecule is CCCc1scc(-c2ccccc2S(N)(=O)=O)c1-c1ccc(OC)c(F)c1. The van der Waals surface area contributed by atoms with Gasteiger partial charge in [0, 0.05) is 21.6 Å². The summed E-state index contributed by atoms with van der Waals surface area (Å²) in [6.07, 6.45) is 1.73. The Kier molecular flexibility index (Phi) is 5.64. The molecule has 0 fully saturated rings. The van der Waals surface area contributed by atoms with Crippen molar-refractivity contribution in [3.63, 3.8) is 0 Å². The standard InChI is InChI=1S/C20H20FNO3S2/c1-3-6-18-20(13-9-10-17(25-2)16(21)11-13)15(12-26-18)14-7-4-5-8-19(14)27(22,23)24/h4-5,7-12H,3,6H2,1-2H3,(H2,22,23,24). The summed E-state index contributed by atoms with van der Waals surface area (Å²) in [5.41, 5.74) is 2.76. The van der Waals surface area contributed by atoms with Gasteiger partial charge in [-0.15, -0.1) is 11.3 Å². The van der Waals surface area contributed by atoms with Gasteiger partial charge < -0.3 is 4.74 Å². The number of methoxy groups -OCH3 is 1. The smallest absolute Gasteiger partial charge is 0.238 e. The van der Waals surface area contributed by atoms with Crippen LogP contribution in [0.4, 0.5) is 4.39 Å². The molecular weight excluding hydrogens is 385 g/mol. The number of sulfonamides is 1. The molecule has 4 nitrogen and oxygen atoms in total. The van der Waals surface area contributed by atoms with Crippen LogP contribution in [0, 0.1) is 5.82 Å². The minimum atomic E-state index is -3.89. The van der Waals surface area contributed by atoms with E-state index in [1.165, 1.54) is 30.6 Å². The zero-order chi connectivity index (χ0) is 19.6. The third-order valence-corrected chi connectivity index (χ3v) is 6.28. The van der Waals surface area contributed by atoms with Crippen LogP contribution in [0.2, 0.25) is 0 Å². The van der Waals surface area contributed by atoms with Crippen molar-refractivity contribution >= 4 is 21.4 Å². The Labute approximate surface area is 162 Å². The third kappa shape index (κ3) is 3.90. The van der Waals surface area contributed by atoms with Crippen LogP contribution in [-0.2, 0) is 16.4 Å². The number of ether oxygens (including phenoxy) is 1. The normalized spacial score (nSPS) is 11.6. The molecule has 0 aliphatic carbocycles. The molecule has 0 bridgehead atoms. The molecule has 0 spiro atoms. The van der Waals surface area contributed by atoms with E-state index in [9.17, 15) is 12.8 Å². The van der Waals surface area contributed by atoms with E-state index in [-0.39, 0.29) is 10.6 Å². The number of halogens is 1. The predicted octanol–water partition coefficient (Wildman–Crippen LogP) is 4.83. The first-order valence-corrected chi connectivity index (χ1v) is 10.9. The topological polar surface area (TPSA) is 69.4 Å². The average Bonchev–Trinajstić information content (AvgIpc) is 3.05. The van der Waals surface area contributed by atoms with Gasteiger partial charge in [0.25, 0.3) is 0 Å². The van der Waals surface area contributed by atoms with Gasteiger partial charge in [0.2, 0.25) is 10.0 Å². The number of benzene rings is 2. The maximum Gasteiger partial charge on any atom is 0.238 e. The van der Waals surface area contributed by atoms with Crippen molar-refractivity contribution in [2.75, 3.05) is 7.11 Å². The van der Waals surface area contributed by atoms with E-state index >= 15 is 0 Å². The van der Waals surface area contributed by atoms with E-state index in [2.05, 4.69) is 6.92 Å². The van der Waals surface area contributed by atoms with Crippen molar-refractivity contribution in [2.45, 2.75) is 24.7 Å². The van der Waals surface area contributed by atoms with E-state index in [0.717, 1.165) is 28.8 Å². The van der Waals surface area contributed by atoms with Gasteiger partial charge in [-0.25, -0.2) is 17.9 Å². The lowest BCUT2D eigenvalue weighted by atomic mass is 9.95. The lowest BCUT2D eigenvalue weighted by Gasteiger charge is -2.12. The molecule has 0 amide bonds. The summed E-state index contributed by atoms with van der Waals surface area (Å²) in [6.45, 7) is 2.07. The second-order valence-corrected chi connectivity index (χ2v) is 8.58. The Balaban J connectivity index is 2.27. The molecule has 1 aromatic heterocycles. The Morgan fingerprint density at radius 1 is 1.15 bits per heavy atom. The zero-order valence-electron chi connectivity index (χ0n) is 15.0. The molecule has 0 unspecified atom stereocenters. The van der Waals surface area contributed by atoms with Gasteiger partial charge in [0.05, 0.1) is 12.0 Å². The molecule has 0 atom stereocenters. The van der Waals surface area contributed by atoms with Crippen molar-refractivity contribution in [1.82, 2.24) is 0 Å². The fraction of sp³-hybridized carbons (Fsp3) is 0.200.